The number of para-hydroxylation sites is 2. The Morgan fingerprint density at radius 1 is 0.939 bits per heavy atom. The van der Waals surface area contributed by atoms with E-state index in [0.717, 1.165) is 22.4 Å². The largest absolute Gasteiger partial charge is 0.379 e. The van der Waals surface area contributed by atoms with Crippen LogP contribution in [0.25, 0.3) is 22.4 Å². The highest BCUT2D eigenvalue weighted by atomic mass is 32.2. The number of aromatic nitrogens is 2. The van der Waals surface area contributed by atoms with E-state index in [0.29, 0.717) is 37.6 Å². The molecule has 0 spiro atoms. The lowest BCUT2D eigenvalue weighted by molar-refractivity contribution is 0.0730. The number of sulfonamides is 1. The van der Waals surface area contributed by atoms with Gasteiger partial charge in [-0.15, -0.1) is 0 Å². The number of H-pyrrole nitrogens is 1. The third kappa shape index (κ3) is 4.38. The average molecular weight is 463 g/mol. The lowest BCUT2D eigenvalue weighted by atomic mass is 10.1. The van der Waals surface area contributed by atoms with Crippen molar-refractivity contribution in [2.24, 2.45) is 0 Å². The van der Waals surface area contributed by atoms with Gasteiger partial charge in [-0.25, -0.2) is 13.4 Å². The van der Waals surface area contributed by atoms with Gasteiger partial charge in [-0.2, -0.15) is 4.31 Å². The van der Waals surface area contributed by atoms with Gasteiger partial charge < -0.3 is 15.0 Å². The molecule has 5 rings (SSSR count). The zero-order chi connectivity index (χ0) is 22.8. The SMILES string of the molecule is O=C(Nc1ccc(-c2nc3ccccc3[nH]2)cc1)c1ccc(S(=O)(=O)N2CCOCC2)cc1. The van der Waals surface area contributed by atoms with Crippen molar-refractivity contribution in [3.05, 3.63) is 78.4 Å². The normalized spacial score (nSPS) is 14.9. The molecule has 0 unspecified atom stereocenters. The monoisotopic (exact) mass is 462 g/mol. The molecule has 0 saturated carbocycles. The molecule has 0 atom stereocenters. The van der Waals surface area contributed by atoms with Gasteiger partial charge in [-0.05, 0) is 60.7 Å². The van der Waals surface area contributed by atoms with Crippen LogP contribution in [0, 0.1) is 0 Å². The van der Waals surface area contributed by atoms with Gasteiger partial charge in [0, 0.05) is 29.9 Å². The predicted molar refractivity (Wildman–Crippen MR) is 126 cm³/mol. The van der Waals surface area contributed by atoms with Crippen LogP contribution in [0.5, 0.6) is 0 Å². The van der Waals surface area contributed by atoms with E-state index >= 15 is 0 Å². The van der Waals surface area contributed by atoms with Crippen LogP contribution < -0.4 is 5.32 Å². The van der Waals surface area contributed by atoms with Gasteiger partial charge in [0.1, 0.15) is 5.82 Å². The highest BCUT2D eigenvalue weighted by Crippen LogP contribution is 2.23. The van der Waals surface area contributed by atoms with Crippen LogP contribution in [0.15, 0.2) is 77.7 Å². The summed E-state index contributed by atoms with van der Waals surface area (Å²) >= 11 is 0. The van der Waals surface area contributed by atoms with Gasteiger partial charge in [0.25, 0.3) is 5.91 Å². The molecule has 9 heteroatoms. The molecule has 0 aliphatic carbocycles. The molecule has 3 aromatic carbocycles. The number of amides is 1. The van der Waals surface area contributed by atoms with Crippen molar-refractivity contribution in [1.82, 2.24) is 14.3 Å². The highest BCUT2D eigenvalue weighted by molar-refractivity contribution is 7.89. The first kappa shape index (κ1) is 21.3. The van der Waals surface area contributed by atoms with Crippen LogP contribution in [0.4, 0.5) is 5.69 Å². The van der Waals surface area contributed by atoms with Crippen molar-refractivity contribution in [2.45, 2.75) is 4.90 Å². The summed E-state index contributed by atoms with van der Waals surface area (Å²) in [5.41, 5.74) is 3.76. The first-order chi connectivity index (χ1) is 16.0. The number of imidazole rings is 1. The third-order valence-corrected chi connectivity index (χ3v) is 7.44. The summed E-state index contributed by atoms with van der Waals surface area (Å²) in [5.74, 6) is 0.438. The summed E-state index contributed by atoms with van der Waals surface area (Å²) in [5, 5.41) is 2.84. The lowest BCUT2D eigenvalue weighted by Gasteiger charge is -2.26. The molecule has 1 aromatic heterocycles. The number of nitrogens with zero attached hydrogens (tertiary/aromatic N) is 2. The van der Waals surface area contributed by atoms with Crippen LogP contribution >= 0.6 is 0 Å². The van der Waals surface area contributed by atoms with Gasteiger partial charge in [-0.3, -0.25) is 4.79 Å². The zero-order valence-corrected chi connectivity index (χ0v) is 18.5. The number of fused-ring (bicyclic) bond motifs is 1. The Balaban J connectivity index is 1.27. The number of ether oxygens (including phenoxy) is 1. The van der Waals surface area contributed by atoms with Gasteiger partial charge in [0.2, 0.25) is 10.0 Å². The average Bonchev–Trinajstić information content (AvgIpc) is 3.29. The number of hydrogen-bond acceptors (Lipinski definition) is 5. The number of carbonyl (C=O) groups excluding carboxylic acids is 1. The number of anilines is 1. The summed E-state index contributed by atoms with van der Waals surface area (Å²) in [4.78, 5) is 20.7. The standard InChI is InChI=1S/C24H22N4O4S/c29-24(18-7-11-20(12-8-18)33(30,31)28-13-15-32-16-14-28)25-19-9-5-17(6-10-19)23-26-21-3-1-2-4-22(21)27-23/h1-12H,13-16H2,(H,25,29)(H,26,27). The van der Waals surface area contributed by atoms with Gasteiger partial charge in [-0.1, -0.05) is 12.1 Å². The van der Waals surface area contributed by atoms with Crippen molar-refractivity contribution in [3.63, 3.8) is 0 Å². The van der Waals surface area contributed by atoms with E-state index in [1.165, 1.54) is 28.6 Å². The molecule has 2 heterocycles. The number of carbonyl (C=O) groups is 1. The maximum Gasteiger partial charge on any atom is 0.255 e. The fourth-order valence-electron chi connectivity index (χ4n) is 3.72. The smallest absolute Gasteiger partial charge is 0.255 e. The van der Waals surface area contributed by atoms with Crippen molar-refractivity contribution in [2.75, 3.05) is 31.6 Å². The quantitative estimate of drug-likeness (QED) is 0.472. The molecule has 1 amide bonds. The minimum atomic E-state index is -3.59. The molecule has 1 fully saturated rings. The van der Waals surface area contributed by atoms with Crippen molar-refractivity contribution >= 4 is 32.7 Å². The van der Waals surface area contributed by atoms with E-state index in [4.69, 9.17) is 4.74 Å². The molecule has 1 saturated heterocycles. The molecule has 33 heavy (non-hydrogen) atoms. The molecule has 8 nitrogen and oxygen atoms in total. The number of aromatic amines is 1. The summed E-state index contributed by atoms with van der Waals surface area (Å²) in [6.07, 6.45) is 0. The van der Waals surface area contributed by atoms with Crippen LogP contribution in [-0.2, 0) is 14.8 Å². The minimum absolute atomic E-state index is 0.163. The molecular weight excluding hydrogens is 440 g/mol. The van der Waals surface area contributed by atoms with E-state index in [-0.39, 0.29) is 10.8 Å². The Kier molecular flexibility index (Phi) is 5.67. The summed E-state index contributed by atoms with van der Waals surface area (Å²) in [7, 11) is -3.59. The number of hydrogen-bond donors (Lipinski definition) is 2. The van der Waals surface area contributed by atoms with Gasteiger partial charge in [0.05, 0.1) is 29.1 Å². The van der Waals surface area contributed by atoms with E-state index in [1.54, 1.807) is 12.1 Å². The maximum atomic E-state index is 12.7. The molecule has 0 radical (unpaired) electrons. The number of benzene rings is 3. The maximum absolute atomic E-state index is 12.7. The summed E-state index contributed by atoms with van der Waals surface area (Å²) in [6.45, 7) is 1.42. The van der Waals surface area contributed by atoms with E-state index in [1.807, 2.05) is 36.4 Å². The zero-order valence-electron chi connectivity index (χ0n) is 17.7. The second-order valence-electron chi connectivity index (χ2n) is 7.67. The van der Waals surface area contributed by atoms with Crippen LogP contribution in [0.2, 0.25) is 0 Å². The Morgan fingerprint density at radius 3 is 2.33 bits per heavy atom. The van der Waals surface area contributed by atoms with Crippen molar-refractivity contribution < 1.29 is 17.9 Å². The van der Waals surface area contributed by atoms with Crippen molar-refractivity contribution in [3.8, 4) is 11.4 Å². The topological polar surface area (TPSA) is 104 Å². The Morgan fingerprint density at radius 2 is 1.64 bits per heavy atom. The Labute approximate surface area is 191 Å². The highest BCUT2D eigenvalue weighted by Gasteiger charge is 2.26. The third-order valence-electron chi connectivity index (χ3n) is 5.53. The molecule has 4 aromatic rings. The second-order valence-corrected chi connectivity index (χ2v) is 9.61. The predicted octanol–water partition coefficient (Wildman–Crippen LogP) is 3.50. The Hall–Kier alpha value is -3.53. The first-order valence-corrected chi connectivity index (χ1v) is 12.0. The van der Waals surface area contributed by atoms with Crippen LogP contribution in [-0.4, -0.2) is 54.9 Å². The van der Waals surface area contributed by atoms with E-state index in [9.17, 15) is 13.2 Å². The molecule has 1 aliphatic heterocycles. The molecule has 2 N–H and O–H groups in total. The molecule has 1 aliphatic rings. The molecular formula is C24H22N4O4S. The summed E-state index contributed by atoms with van der Waals surface area (Å²) < 4.78 is 32.1. The van der Waals surface area contributed by atoms with Gasteiger partial charge in [0.15, 0.2) is 0 Å². The van der Waals surface area contributed by atoms with E-state index in [2.05, 4.69) is 15.3 Å². The fraction of sp³-hybridized carbons (Fsp3) is 0.167. The lowest BCUT2D eigenvalue weighted by Crippen LogP contribution is -2.40. The number of rotatable bonds is 5. The van der Waals surface area contributed by atoms with Gasteiger partial charge >= 0.3 is 0 Å². The number of nitrogens with one attached hydrogen (secondary N) is 2. The minimum Gasteiger partial charge on any atom is -0.379 e. The molecule has 0 bridgehead atoms. The van der Waals surface area contributed by atoms with Crippen LogP contribution in [0.1, 0.15) is 10.4 Å². The van der Waals surface area contributed by atoms with Crippen molar-refractivity contribution in [1.29, 1.82) is 0 Å². The summed E-state index contributed by atoms with van der Waals surface area (Å²) in [6, 6.07) is 21.1. The number of morpholine rings is 1. The molecule has 168 valence electrons. The fourth-order valence-corrected chi connectivity index (χ4v) is 5.13. The van der Waals surface area contributed by atoms with Crippen LogP contribution in [0.3, 0.4) is 0 Å². The second kappa shape index (κ2) is 8.78. The Bertz CT molecular complexity index is 1360. The van der Waals surface area contributed by atoms with E-state index < -0.39 is 10.0 Å². The first-order valence-electron chi connectivity index (χ1n) is 10.6.